The quantitative estimate of drug-likeness (QED) is 0.890. The van der Waals surface area contributed by atoms with E-state index >= 15 is 0 Å². The average molecular weight is 314 g/mol. The molecule has 17 heavy (non-hydrogen) atoms. The van der Waals surface area contributed by atoms with Gasteiger partial charge in [-0.05, 0) is 25.1 Å². The zero-order valence-corrected chi connectivity index (χ0v) is 11.4. The number of anilines is 3. The van der Waals surface area contributed by atoms with Crippen molar-refractivity contribution in [2.45, 2.75) is 6.92 Å². The van der Waals surface area contributed by atoms with Gasteiger partial charge in [-0.1, -0.05) is 27.5 Å². The number of halogens is 2. The van der Waals surface area contributed by atoms with E-state index in [-0.39, 0.29) is 0 Å². The predicted octanol–water partition coefficient (Wildman–Crippen LogP) is 3.53. The molecular weight excluding hydrogens is 304 g/mol. The van der Waals surface area contributed by atoms with Gasteiger partial charge in [0.15, 0.2) is 0 Å². The molecule has 2 rings (SSSR count). The lowest BCUT2D eigenvalue weighted by Crippen LogP contribution is -2.02. The van der Waals surface area contributed by atoms with Crippen molar-refractivity contribution < 1.29 is 0 Å². The summed E-state index contributed by atoms with van der Waals surface area (Å²) < 4.78 is 0.923. The summed E-state index contributed by atoms with van der Waals surface area (Å²) in [6.07, 6.45) is 1.41. The Labute approximate surface area is 112 Å². The highest BCUT2D eigenvalue weighted by Gasteiger charge is 2.07. The maximum atomic E-state index is 6.10. The summed E-state index contributed by atoms with van der Waals surface area (Å²) in [5.41, 5.74) is 7.28. The van der Waals surface area contributed by atoms with Crippen LogP contribution in [0.15, 0.2) is 29.0 Å². The number of aromatic nitrogens is 2. The highest BCUT2D eigenvalue weighted by Crippen LogP contribution is 2.29. The van der Waals surface area contributed by atoms with Crippen LogP contribution < -0.4 is 11.1 Å². The summed E-state index contributed by atoms with van der Waals surface area (Å²) in [6, 6.07) is 5.57. The minimum atomic E-state index is 0.454. The van der Waals surface area contributed by atoms with E-state index in [1.807, 2.05) is 25.1 Å². The summed E-state index contributed by atoms with van der Waals surface area (Å²) in [6.45, 7) is 1.85. The Kier molecular flexibility index (Phi) is 3.49. The molecule has 0 radical (unpaired) electrons. The van der Waals surface area contributed by atoms with Crippen LogP contribution in [0.25, 0.3) is 0 Å². The first kappa shape index (κ1) is 12.1. The lowest BCUT2D eigenvalue weighted by atomic mass is 10.3. The monoisotopic (exact) mass is 312 g/mol. The normalized spacial score (nSPS) is 10.3. The van der Waals surface area contributed by atoms with Gasteiger partial charge in [0.05, 0.1) is 10.7 Å². The third kappa shape index (κ3) is 2.68. The molecule has 0 saturated heterocycles. The second-order valence-corrected chi connectivity index (χ2v) is 4.80. The molecule has 3 N–H and O–H groups in total. The summed E-state index contributed by atoms with van der Waals surface area (Å²) >= 11 is 9.45. The average Bonchev–Trinajstić information content (AvgIpc) is 2.28. The van der Waals surface area contributed by atoms with Gasteiger partial charge in [-0.3, -0.25) is 0 Å². The second-order valence-electron chi connectivity index (χ2n) is 3.48. The van der Waals surface area contributed by atoms with Crippen molar-refractivity contribution in [3.63, 3.8) is 0 Å². The molecule has 0 aliphatic heterocycles. The molecular formula is C11H10BrClN4. The highest BCUT2D eigenvalue weighted by atomic mass is 79.9. The standard InChI is InChI=1S/C11H10BrClN4/c1-6-10(14)15-5-16-11(6)17-9-3-2-7(12)4-8(9)13/h2-5H,1H3,(H3,14,15,16,17). The number of hydrogen-bond donors (Lipinski definition) is 2. The van der Waals surface area contributed by atoms with Gasteiger partial charge >= 0.3 is 0 Å². The number of rotatable bonds is 2. The van der Waals surface area contributed by atoms with E-state index in [1.54, 1.807) is 0 Å². The molecule has 0 aliphatic carbocycles. The van der Waals surface area contributed by atoms with Crippen molar-refractivity contribution in [3.8, 4) is 0 Å². The summed E-state index contributed by atoms with van der Waals surface area (Å²) in [7, 11) is 0. The van der Waals surface area contributed by atoms with Gasteiger partial charge in [0, 0.05) is 10.0 Å². The van der Waals surface area contributed by atoms with Crippen LogP contribution >= 0.6 is 27.5 Å². The lowest BCUT2D eigenvalue weighted by Gasteiger charge is -2.10. The first-order valence-electron chi connectivity index (χ1n) is 4.87. The molecule has 2 aromatic rings. The number of nitrogens with one attached hydrogen (secondary N) is 1. The number of nitrogens with zero attached hydrogens (tertiary/aromatic N) is 2. The molecule has 0 saturated carbocycles. The molecule has 6 heteroatoms. The number of benzene rings is 1. The van der Waals surface area contributed by atoms with E-state index < -0.39 is 0 Å². The van der Waals surface area contributed by atoms with Crippen LogP contribution in [0.4, 0.5) is 17.3 Å². The third-order valence-corrected chi connectivity index (χ3v) is 3.11. The van der Waals surface area contributed by atoms with Crippen LogP contribution in [-0.4, -0.2) is 9.97 Å². The zero-order valence-electron chi connectivity index (χ0n) is 9.04. The predicted molar refractivity (Wildman–Crippen MR) is 73.6 cm³/mol. The first-order chi connectivity index (χ1) is 8.08. The topological polar surface area (TPSA) is 63.8 Å². The van der Waals surface area contributed by atoms with Gasteiger partial charge in [0.25, 0.3) is 0 Å². The van der Waals surface area contributed by atoms with Gasteiger partial charge in [0.2, 0.25) is 0 Å². The van der Waals surface area contributed by atoms with Crippen molar-refractivity contribution in [2.24, 2.45) is 0 Å². The summed E-state index contributed by atoms with van der Waals surface area (Å²) in [5.74, 6) is 1.11. The molecule has 0 spiro atoms. The van der Waals surface area contributed by atoms with Crippen LogP contribution in [0.1, 0.15) is 5.56 Å². The second kappa shape index (κ2) is 4.89. The van der Waals surface area contributed by atoms with E-state index in [0.29, 0.717) is 16.7 Å². The van der Waals surface area contributed by atoms with E-state index in [1.165, 1.54) is 6.33 Å². The fourth-order valence-corrected chi connectivity index (χ4v) is 2.03. The largest absolute Gasteiger partial charge is 0.383 e. The molecule has 1 heterocycles. The molecule has 88 valence electrons. The molecule has 0 atom stereocenters. The Bertz CT molecular complexity index is 559. The number of nitrogens with two attached hydrogens (primary N) is 1. The fraction of sp³-hybridized carbons (Fsp3) is 0.0909. The van der Waals surface area contributed by atoms with E-state index in [9.17, 15) is 0 Å². The van der Waals surface area contributed by atoms with Crippen LogP contribution in [0.5, 0.6) is 0 Å². The number of nitrogen functional groups attached to an aromatic ring is 1. The van der Waals surface area contributed by atoms with E-state index in [4.69, 9.17) is 17.3 Å². The zero-order chi connectivity index (χ0) is 12.4. The summed E-state index contributed by atoms with van der Waals surface area (Å²) in [4.78, 5) is 8.03. The Hall–Kier alpha value is -1.33. The minimum absolute atomic E-state index is 0.454. The van der Waals surface area contributed by atoms with Crippen LogP contribution in [0, 0.1) is 6.92 Å². The third-order valence-electron chi connectivity index (χ3n) is 2.31. The molecule has 0 unspecified atom stereocenters. The van der Waals surface area contributed by atoms with Crippen LogP contribution in [0.3, 0.4) is 0 Å². The smallest absolute Gasteiger partial charge is 0.138 e. The van der Waals surface area contributed by atoms with Crippen molar-refractivity contribution in [3.05, 3.63) is 39.6 Å². The van der Waals surface area contributed by atoms with Gasteiger partial charge in [-0.15, -0.1) is 0 Å². The number of hydrogen-bond acceptors (Lipinski definition) is 4. The minimum Gasteiger partial charge on any atom is -0.383 e. The SMILES string of the molecule is Cc1c(N)ncnc1Nc1ccc(Br)cc1Cl. The maximum Gasteiger partial charge on any atom is 0.138 e. The molecule has 4 nitrogen and oxygen atoms in total. The van der Waals surface area contributed by atoms with Crippen LogP contribution in [0.2, 0.25) is 5.02 Å². The van der Waals surface area contributed by atoms with Gasteiger partial charge in [-0.25, -0.2) is 9.97 Å². The van der Waals surface area contributed by atoms with Gasteiger partial charge in [-0.2, -0.15) is 0 Å². The first-order valence-corrected chi connectivity index (χ1v) is 6.04. The molecule has 1 aromatic heterocycles. The lowest BCUT2D eigenvalue weighted by molar-refractivity contribution is 1.14. The van der Waals surface area contributed by atoms with Crippen molar-refractivity contribution in [2.75, 3.05) is 11.1 Å². The Morgan fingerprint density at radius 1 is 1.35 bits per heavy atom. The van der Waals surface area contributed by atoms with Gasteiger partial charge in [0.1, 0.15) is 18.0 Å². The fourth-order valence-electron chi connectivity index (χ4n) is 1.31. The van der Waals surface area contributed by atoms with E-state index in [2.05, 4.69) is 31.2 Å². The Balaban J connectivity index is 2.35. The highest BCUT2D eigenvalue weighted by molar-refractivity contribution is 9.10. The molecule has 0 bridgehead atoms. The van der Waals surface area contributed by atoms with Crippen LogP contribution in [-0.2, 0) is 0 Å². The Morgan fingerprint density at radius 2 is 2.12 bits per heavy atom. The molecule has 0 aliphatic rings. The molecule has 1 aromatic carbocycles. The maximum absolute atomic E-state index is 6.10. The molecule has 0 fully saturated rings. The molecule has 0 amide bonds. The van der Waals surface area contributed by atoms with E-state index in [0.717, 1.165) is 15.7 Å². The Morgan fingerprint density at radius 3 is 2.82 bits per heavy atom. The van der Waals surface area contributed by atoms with Crippen molar-refractivity contribution in [1.82, 2.24) is 9.97 Å². The summed E-state index contributed by atoms with van der Waals surface area (Å²) in [5, 5.41) is 3.73. The van der Waals surface area contributed by atoms with Crippen molar-refractivity contribution >= 4 is 44.9 Å². The van der Waals surface area contributed by atoms with Gasteiger partial charge < -0.3 is 11.1 Å². The van der Waals surface area contributed by atoms with Crippen molar-refractivity contribution in [1.29, 1.82) is 0 Å².